The highest BCUT2D eigenvalue weighted by atomic mass is 16.6. The molecule has 0 aliphatic carbocycles. The molecule has 2 saturated heterocycles. The second-order valence-electron chi connectivity index (χ2n) is 5.89. The van der Waals surface area contributed by atoms with Crippen molar-refractivity contribution in [1.29, 1.82) is 0 Å². The van der Waals surface area contributed by atoms with Crippen LogP contribution in [0.25, 0.3) is 0 Å². The molecule has 5 nitrogen and oxygen atoms in total. The van der Waals surface area contributed by atoms with Crippen molar-refractivity contribution in [2.75, 3.05) is 60.2 Å². The second-order valence-corrected chi connectivity index (χ2v) is 5.89. The molecule has 2 aliphatic heterocycles. The van der Waals surface area contributed by atoms with E-state index < -0.39 is 0 Å². The molecule has 112 valence electrons. The third kappa shape index (κ3) is 5.00. The van der Waals surface area contributed by atoms with E-state index in [9.17, 15) is 0 Å². The number of nitrogens with one attached hydrogen (secondary N) is 1. The molecule has 2 aliphatic rings. The zero-order valence-corrected chi connectivity index (χ0v) is 12.3. The molecule has 0 aromatic heterocycles. The van der Waals surface area contributed by atoms with Gasteiger partial charge in [-0.05, 0) is 26.9 Å². The Hall–Kier alpha value is -0.200. The van der Waals surface area contributed by atoms with E-state index in [1.807, 2.05) is 0 Å². The predicted molar refractivity (Wildman–Crippen MR) is 74.5 cm³/mol. The minimum absolute atomic E-state index is 0.00168. The van der Waals surface area contributed by atoms with Gasteiger partial charge < -0.3 is 24.4 Å². The summed E-state index contributed by atoms with van der Waals surface area (Å²) in [6.07, 6.45) is 3.22. The molecule has 0 bridgehead atoms. The zero-order valence-electron chi connectivity index (χ0n) is 12.3. The SMILES string of the molecule is CN(C)CCOCCNC1CCOC2(CCOC2)C1. The molecule has 5 heteroatoms. The molecule has 0 aromatic carbocycles. The number of likely N-dealkylation sites (N-methyl/N-ethyl adjacent to an activating group) is 1. The van der Waals surface area contributed by atoms with Crippen molar-refractivity contribution >= 4 is 0 Å². The molecule has 2 rings (SSSR count). The van der Waals surface area contributed by atoms with Crippen molar-refractivity contribution in [3.63, 3.8) is 0 Å². The van der Waals surface area contributed by atoms with E-state index in [1.165, 1.54) is 0 Å². The van der Waals surface area contributed by atoms with Crippen LogP contribution < -0.4 is 5.32 Å². The summed E-state index contributed by atoms with van der Waals surface area (Å²) in [5.74, 6) is 0. The van der Waals surface area contributed by atoms with Gasteiger partial charge in [-0.3, -0.25) is 0 Å². The number of hydrogen-bond donors (Lipinski definition) is 1. The summed E-state index contributed by atoms with van der Waals surface area (Å²) in [5, 5.41) is 3.59. The Bertz CT molecular complexity index is 255. The molecule has 2 fully saturated rings. The number of ether oxygens (including phenoxy) is 3. The zero-order chi connectivity index (χ0) is 13.6. The molecule has 1 N–H and O–H groups in total. The van der Waals surface area contributed by atoms with Crippen molar-refractivity contribution in [3.8, 4) is 0 Å². The maximum absolute atomic E-state index is 5.93. The monoisotopic (exact) mass is 272 g/mol. The lowest BCUT2D eigenvalue weighted by Gasteiger charge is -2.37. The van der Waals surface area contributed by atoms with E-state index in [4.69, 9.17) is 14.2 Å². The van der Waals surface area contributed by atoms with Gasteiger partial charge in [0.05, 0.1) is 25.4 Å². The van der Waals surface area contributed by atoms with Crippen LogP contribution in [0.2, 0.25) is 0 Å². The van der Waals surface area contributed by atoms with Gasteiger partial charge in [0.25, 0.3) is 0 Å². The molecule has 1 spiro atoms. The van der Waals surface area contributed by atoms with E-state index in [1.54, 1.807) is 0 Å². The average Bonchev–Trinajstić information content (AvgIpc) is 2.81. The van der Waals surface area contributed by atoms with Crippen LogP contribution in [0, 0.1) is 0 Å². The first kappa shape index (κ1) is 15.2. The summed E-state index contributed by atoms with van der Waals surface area (Å²) in [7, 11) is 4.12. The molecule has 19 heavy (non-hydrogen) atoms. The Morgan fingerprint density at radius 2 is 2.21 bits per heavy atom. The second kappa shape index (κ2) is 7.55. The van der Waals surface area contributed by atoms with Crippen LogP contribution >= 0.6 is 0 Å². The van der Waals surface area contributed by atoms with Crippen LogP contribution in [0.3, 0.4) is 0 Å². The number of nitrogens with zero attached hydrogens (tertiary/aromatic N) is 1. The molecule has 2 unspecified atom stereocenters. The van der Waals surface area contributed by atoms with Crippen molar-refractivity contribution in [3.05, 3.63) is 0 Å². The van der Waals surface area contributed by atoms with Crippen LogP contribution in [0.4, 0.5) is 0 Å². The fourth-order valence-electron chi connectivity index (χ4n) is 2.75. The average molecular weight is 272 g/mol. The summed E-state index contributed by atoms with van der Waals surface area (Å²) in [4.78, 5) is 2.13. The minimum atomic E-state index is 0.00168. The lowest BCUT2D eigenvalue weighted by atomic mass is 9.90. The van der Waals surface area contributed by atoms with Gasteiger partial charge >= 0.3 is 0 Å². The summed E-state index contributed by atoms with van der Waals surface area (Å²) >= 11 is 0. The van der Waals surface area contributed by atoms with Crippen LogP contribution in [-0.4, -0.2) is 76.8 Å². The van der Waals surface area contributed by atoms with Crippen molar-refractivity contribution in [2.24, 2.45) is 0 Å². The standard InChI is InChI=1S/C14H28N2O3/c1-16(2)6-10-17-9-5-15-13-3-7-19-14(11-13)4-8-18-12-14/h13,15H,3-12H2,1-2H3. The summed E-state index contributed by atoms with van der Waals surface area (Å²) in [6.45, 7) is 5.97. The Labute approximate surface area is 116 Å². The lowest BCUT2D eigenvalue weighted by molar-refractivity contribution is -0.0896. The van der Waals surface area contributed by atoms with Crippen molar-refractivity contribution in [2.45, 2.75) is 30.9 Å². The molecular weight excluding hydrogens is 244 g/mol. The Balaban J connectivity index is 1.56. The van der Waals surface area contributed by atoms with Gasteiger partial charge in [-0.15, -0.1) is 0 Å². The smallest absolute Gasteiger partial charge is 0.0951 e. The van der Waals surface area contributed by atoms with Gasteiger partial charge in [0.1, 0.15) is 0 Å². The summed E-state index contributed by atoms with van der Waals surface area (Å²) < 4.78 is 17.0. The molecule has 0 saturated carbocycles. The Morgan fingerprint density at radius 3 is 2.95 bits per heavy atom. The highest BCUT2D eigenvalue weighted by Gasteiger charge is 2.40. The van der Waals surface area contributed by atoms with Gasteiger partial charge in [0, 0.05) is 38.8 Å². The predicted octanol–water partition coefficient (Wildman–Crippen LogP) is 0.492. The molecule has 2 heterocycles. The molecule has 0 amide bonds. The fraction of sp³-hybridized carbons (Fsp3) is 1.00. The van der Waals surface area contributed by atoms with E-state index in [-0.39, 0.29) is 5.60 Å². The third-order valence-corrected chi connectivity index (χ3v) is 3.92. The Kier molecular flexibility index (Phi) is 6.04. The van der Waals surface area contributed by atoms with Gasteiger partial charge in [0.2, 0.25) is 0 Å². The van der Waals surface area contributed by atoms with Gasteiger partial charge in [0.15, 0.2) is 0 Å². The van der Waals surface area contributed by atoms with Crippen LogP contribution in [0.15, 0.2) is 0 Å². The van der Waals surface area contributed by atoms with E-state index in [2.05, 4.69) is 24.3 Å². The van der Waals surface area contributed by atoms with Gasteiger partial charge in [-0.25, -0.2) is 0 Å². The van der Waals surface area contributed by atoms with Gasteiger partial charge in [-0.2, -0.15) is 0 Å². The first-order chi connectivity index (χ1) is 9.20. The first-order valence-corrected chi connectivity index (χ1v) is 7.38. The quantitative estimate of drug-likeness (QED) is 0.683. The van der Waals surface area contributed by atoms with E-state index in [0.717, 1.165) is 65.4 Å². The highest BCUT2D eigenvalue weighted by molar-refractivity contribution is 4.92. The third-order valence-electron chi connectivity index (χ3n) is 3.92. The lowest BCUT2D eigenvalue weighted by Crippen LogP contribution is -2.48. The summed E-state index contributed by atoms with van der Waals surface area (Å²) in [6, 6.07) is 0.549. The van der Waals surface area contributed by atoms with Crippen LogP contribution in [0.5, 0.6) is 0 Å². The first-order valence-electron chi connectivity index (χ1n) is 7.38. The molecular formula is C14H28N2O3. The van der Waals surface area contributed by atoms with Crippen LogP contribution in [-0.2, 0) is 14.2 Å². The molecule has 0 aromatic rings. The van der Waals surface area contributed by atoms with Crippen molar-refractivity contribution in [1.82, 2.24) is 10.2 Å². The summed E-state index contributed by atoms with van der Waals surface area (Å²) in [5.41, 5.74) is 0.00168. The molecule has 2 atom stereocenters. The van der Waals surface area contributed by atoms with Gasteiger partial charge in [-0.1, -0.05) is 0 Å². The van der Waals surface area contributed by atoms with E-state index in [0.29, 0.717) is 6.04 Å². The normalized spacial score (nSPS) is 31.4. The largest absolute Gasteiger partial charge is 0.379 e. The number of rotatable bonds is 7. The Morgan fingerprint density at radius 1 is 1.32 bits per heavy atom. The highest BCUT2D eigenvalue weighted by Crippen LogP contribution is 2.32. The van der Waals surface area contributed by atoms with Crippen molar-refractivity contribution < 1.29 is 14.2 Å². The van der Waals surface area contributed by atoms with Crippen LogP contribution in [0.1, 0.15) is 19.3 Å². The number of hydrogen-bond acceptors (Lipinski definition) is 5. The molecule has 0 radical (unpaired) electrons. The fourth-order valence-corrected chi connectivity index (χ4v) is 2.75. The maximum Gasteiger partial charge on any atom is 0.0951 e. The minimum Gasteiger partial charge on any atom is -0.379 e. The maximum atomic E-state index is 5.93. The van der Waals surface area contributed by atoms with E-state index >= 15 is 0 Å². The topological polar surface area (TPSA) is 43.0 Å².